The highest BCUT2D eigenvalue weighted by Crippen LogP contribution is 2.50. The Hall–Kier alpha value is -2.93. The third kappa shape index (κ3) is 3.54. The molecule has 3 aromatic rings. The monoisotopic (exact) mass is 420 g/mol. The lowest BCUT2D eigenvalue weighted by molar-refractivity contribution is -0.134. The molecule has 6 nitrogen and oxygen atoms in total. The third-order valence-corrected chi connectivity index (χ3v) is 7.07. The van der Waals surface area contributed by atoms with Crippen LogP contribution in [0.2, 0.25) is 0 Å². The molecule has 0 bridgehead atoms. The fourth-order valence-corrected chi connectivity index (χ4v) is 5.14. The molecule has 1 saturated carbocycles. The molecule has 1 aromatic carbocycles. The summed E-state index contributed by atoms with van der Waals surface area (Å²) in [5.41, 5.74) is 2.37. The van der Waals surface area contributed by atoms with Crippen molar-refractivity contribution in [2.75, 3.05) is 26.2 Å². The second-order valence-corrected chi connectivity index (χ2v) is 8.97. The van der Waals surface area contributed by atoms with Gasteiger partial charge >= 0.3 is 0 Å². The van der Waals surface area contributed by atoms with Crippen LogP contribution in [0.3, 0.4) is 0 Å². The number of hydrogen-bond donors (Lipinski definition) is 0. The minimum absolute atomic E-state index is 0.0258. The van der Waals surface area contributed by atoms with Gasteiger partial charge in [-0.25, -0.2) is 0 Å². The molecule has 2 aliphatic rings. The fraction of sp³-hybridized carbons (Fsp3) is 0.348. The third-order valence-electron chi connectivity index (χ3n) is 6.06. The van der Waals surface area contributed by atoms with Gasteiger partial charge in [0.25, 0.3) is 5.91 Å². The number of rotatable bonds is 4. The highest BCUT2D eigenvalue weighted by molar-refractivity contribution is 7.10. The summed E-state index contributed by atoms with van der Waals surface area (Å²) in [7, 11) is 1.80. The maximum Gasteiger partial charge on any atom is 0.272 e. The number of carbonyl (C=O) groups excluding carboxylic acids is 2. The van der Waals surface area contributed by atoms with Gasteiger partial charge in [0.05, 0.1) is 5.69 Å². The van der Waals surface area contributed by atoms with Gasteiger partial charge in [-0.2, -0.15) is 5.10 Å². The summed E-state index contributed by atoms with van der Waals surface area (Å²) < 4.78 is 1.65. The first-order valence-corrected chi connectivity index (χ1v) is 11.2. The Bertz CT molecular complexity index is 1050. The van der Waals surface area contributed by atoms with Crippen molar-refractivity contribution >= 4 is 23.2 Å². The molecule has 2 fully saturated rings. The van der Waals surface area contributed by atoms with Crippen LogP contribution in [-0.2, 0) is 11.8 Å². The van der Waals surface area contributed by atoms with Gasteiger partial charge in [0.2, 0.25) is 5.91 Å². The van der Waals surface area contributed by atoms with E-state index in [4.69, 9.17) is 0 Å². The number of aromatic nitrogens is 2. The largest absolute Gasteiger partial charge is 0.339 e. The van der Waals surface area contributed by atoms with Crippen molar-refractivity contribution in [1.82, 2.24) is 19.6 Å². The van der Waals surface area contributed by atoms with E-state index < -0.39 is 0 Å². The molecule has 0 N–H and O–H groups in total. The average Bonchev–Trinajstić information content (AvgIpc) is 3.19. The lowest BCUT2D eigenvalue weighted by Crippen LogP contribution is -2.51. The molecule has 0 spiro atoms. The van der Waals surface area contributed by atoms with Gasteiger partial charge in [0.15, 0.2) is 0 Å². The number of carbonyl (C=O) groups is 2. The summed E-state index contributed by atoms with van der Waals surface area (Å²) in [5, 5.41) is 6.58. The number of piperazine rings is 1. The summed E-state index contributed by atoms with van der Waals surface area (Å²) in [6.45, 7) is 2.32. The first-order chi connectivity index (χ1) is 14.6. The van der Waals surface area contributed by atoms with Gasteiger partial charge in [0, 0.05) is 55.5 Å². The molecule has 30 heavy (non-hydrogen) atoms. The summed E-state index contributed by atoms with van der Waals surface area (Å²) in [4.78, 5) is 31.0. The van der Waals surface area contributed by atoms with Crippen LogP contribution in [0, 0.1) is 5.92 Å². The molecule has 2 unspecified atom stereocenters. The van der Waals surface area contributed by atoms with Gasteiger partial charge in [-0.3, -0.25) is 14.3 Å². The number of thiophene rings is 1. The minimum atomic E-state index is -0.0258. The first-order valence-electron chi connectivity index (χ1n) is 10.3. The van der Waals surface area contributed by atoms with Crippen molar-refractivity contribution in [1.29, 1.82) is 0 Å². The normalized spacial score (nSPS) is 21.0. The van der Waals surface area contributed by atoms with Crippen molar-refractivity contribution in [3.63, 3.8) is 0 Å². The molecule has 1 aliphatic carbocycles. The Balaban J connectivity index is 1.20. The summed E-state index contributed by atoms with van der Waals surface area (Å²) in [5.74, 6) is 0.731. The Morgan fingerprint density at radius 1 is 1.00 bits per heavy atom. The molecule has 3 heterocycles. The maximum absolute atomic E-state index is 13.1. The van der Waals surface area contributed by atoms with Crippen molar-refractivity contribution in [3.05, 3.63) is 64.5 Å². The molecule has 5 rings (SSSR count). The zero-order chi connectivity index (χ0) is 20.7. The molecule has 7 heteroatoms. The SMILES string of the molecule is Cn1nc(-c2ccccc2)cc1C(=O)N1CCN(C(=O)C2CC2c2cccs2)CC1. The fourth-order valence-electron chi connectivity index (χ4n) is 4.23. The van der Waals surface area contributed by atoms with Crippen LogP contribution in [0.25, 0.3) is 11.3 Å². The number of benzene rings is 1. The minimum Gasteiger partial charge on any atom is -0.339 e. The second-order valence-electron chi connectivity index (χ2n) is 7.99. The number of amides is 2. The Labute approximate surface area is 179 Å². The molecule has 0 radical (unpaired) electrons. The average molecular weight is 421 g/mol. The van der Waals surface area contributed by atoms with Crippen LogP contribution in [0.5, 0.6) is 0 Å². The molecule has 1 aliphatic heterocycles. The lowest BCUT2D eigenvalue weighted by atomic mass is 10.1. The van der Waals surface area contributed by atoms with E-state index in [9.17, 15) is 9.59 Å². The van der Waals surface area contributed by atoms with Gasteiger partial charge in [-0.05, 0) is 23.9 Å². The van der Waals surface area contributed by atoms with Crippen LogP contribution in [-0.4, -0.2) is 57.6 Å². The van der Waals surface area contributed by atoms with E-state index >= 15 is 0 Å². The van der Waals surface area contributed by atoms with Crippen LogP contribution in [0.15, 0.2) is 53.9 Å². The van der Waals surface area contributed by atoms with E-state index in [0.717, 1.165) is 17.7 Å². The van der Waals surface area contributed by atoms with Crippen molar-refractivity contribution in [2.45, 2.75) is 12.3 Å². The molecule has 154 valence electrons. The highest BCUT2D eigenvalue weighted by Gasteiger charge is 2.46. The predicted octanol–water partition coefficient (Wildman–Crippen LogP) is 3.24. The summed E-state index contributed by atoms with van der Waals surface area (Å²) >= 11 is 1.73. The van der Waals surface area contributed by atoms with Crippen molar-refractivity contribution in [2.24, 2.45) is 13.0 Å². The van der Waals surface area contributed by atoms with E-state index in [2.05, 4.69) is 16.5 Å². The molecular formula is C23H24N4O2S. The van der Waals surface area contributed by atoms with Crippen LogP contribution in [0.4, 0.5) is 0 Å². The topological polar surface area (TPSA) is 58.4 Å². The molecule has 2 aromatic heterocycles. The first kappa shape index (κ1) is 19.1. The van der Waals surface area contributed by atoms with Gasteiger partial charge in [-0.1, -0.05) is 36.4 Å². The lowest BCUT2D eigenvalue weighted by Gasteiger charge is -2.35. The van der Waals surface area contributed by atoms with Crippen LogP contribution in [0.1, 0.15) is 27.7 Å². The van der Waals surface area contributed by atoms with Crippen molar-refractivity contribution in [3.8, 4) is 11.3 Å². The summed E-state index contributed by atoms with van der Waals surface area (Å²) in [6.07, 6.45) is 0.954. The van der Waals surface area contributed by atoms with E-state index in [1.807, 2.05) is 52.3 Å². The predicted molar refractivity (Wildman–Crippen MR) is 116 cm³/mol. The Morgan fingerprint density at radius 3 is 2.43 bits per heavy atom. The molecule has 2 atom stereocenters. The highest BCUT2D eigenvalue weighted by atomic mass is 32.1. The Morgan fingerprint density at radius 2 is 1.73 bits per heavy atom. The summed E-state index contributed by atoms with van der Waals surface area (Å²) in [6, 6.07) is 15.9. The van der Waals surface area contributed by atoms with Crippen molar-refractivity contribution < 1.29 is 9.59 Å². The molecular weight excluding hydrogens is 396 g/mol. The zero-order valence-corrected chi connectivity index (χ0v) is 17.7. The van der Waals surface area contributed by atoms with E-state index in [-0.39, 0.29) is 17.7 Å². The van der Waals surface area contributed by atoms with Crippen LogP contribution < -0.4 is 0 Å². The second kappa shape index (κ2) is 7.72. The van der Waals surface area contributed by atoms with E-state index in [1.165, 1.54) is 4.88 Å². The van der Waals surface area contributed by atoms with E-state index in [1.54, 1.807) is 23.1 Å². The zero-order valence-electron chi connectivity index (χ0n) is 16.9. The number of hydrogen-bond acceptors (Lipinski definition) is 4. The number of nitrogens with zero attached hydrogens (tertiary/aromatic N) is 4. The molecule has 1 saturated heterocycles. The Kier molecular flexibility index (Phi) is 4.90. The maximum atomic E-state index is 13.1. The quantitative estimate of drug-likeness (QED) is 0.651. The smallest absolute Gasteiger partial charge is 0.272 e. The number of aryl methyl sites for hydroxylation is 1. The molecule has 2 amide bonds. The van der Waals surface area contributed by atoms with Gasteiger partial charge < -0.3 is 9.80 Å². The van der Waals surface area contributed by atoms with Gasteiger partial charge in [0.1, 0.15) is 5.69 Å². The van der Waals surface area contributed by atoms with Gasteiger partial charge in [-0.15, -0.1) is 11.3 Å². The van der Waals surface area contributed by atoms with Crippen LogP contribution >= 0.6 is 11.3 Å². The van der Waals surface area contributed by atoms with E-state index in [0.29, 0.717) is 37.8 Å². The standard InChI is InChI=1S/C23H24N4O2S/c1-25-20(15-19(24-25)16-6-3-2-4-7-16)23(29)27-11-9-26(10-12-27)22(28)18-14-17(18)21-8-5-13-30-21/h2-8,13,15,17-18H,9-12,14H2,1H3.